The minimum absolute atomic E-state index is 0.00465. The van der Waals surface area contributed by atoms with E-state index >= 15 is 0 Å². The minimum Gasteiger partial charge on any atom is -0.453 e. The van der Waals surface area contributed by atoms with E-state index in [1.165, 1.54) is 0 Å². The fraction of sp³-hybridized carbons (Fsp3) is 0.765. The molecular weight excluding hydrogens is 570 g/mol. The Morgan fingerprint density at radius 3 is 2.19 bits per heavy atom. The van der Waals surface area contributed by atoms with Crippen LogP contribution in [0.2, 0.25) is 0 Å². The van der Waals surface area contributed by atoms with Gasteiger partial charge in [-0.25, -0.2) is 9.59 Å². The Morgan fingerprint density at radius 2 is 1.73 bits per heavy atom. The van der Waals surface area contributed by atoms with Gasteiger partial charge < -0.3 is 14.2 Å². The fourth-order valence-corrected chi connectivity index (χ4v) is 3.72. The van der Waals surface area contributed by atoms with E-state index in [0.29, 0.717) is 6.42 Å². The number of alkyl halides is 2. The summed E-state index contributed by atoms with van der Waals surface area (Å²) in [4.78, 5) is 47.1. The van der Waals surface area contributed by atoms with Gasteiger partial charge in [-0.3, -0.25) is 9.59 Å². The zero-order valence-electron chi connectivity index (χ0n) is 15.5. The van der Waals surface area contributed by atoms with Gasteiger partial charge in [0, 0.05) is 13.3 Å². The monoisotopic (exact) mass is 594 g/mol. The summed E-state index contributed by atoms with van der Waals surface area (Å²) in [6.07, 6.45) is -0.519. The van der Waals surface area contributed by atoms with Gasteiger partial charge in [0.1, 0.15) is 0 Å². The molecule has 0 bridgehead atoms. The van der Waals surface area contributed by atoms with Crippen molar-refractivity contribution >= 4 is 69.1 Å². The lowest BCUT2D eigenvalue weighted by Gasteiger charge is -2.41. The molecule has 0 aliphatic carbocycles. The number of hydrogen-bond donors (Lipinski definition) is 0. The van der Waals surface area contributed by atoms with Crippen LogP contribution in [0.1, 0.15) is 53.9 Å². The Balaban J connectivity index is 2.68. The van der Waals surface area contributed by atoms with Crippen molar-refractivity contribution in [2.75, 3.05) is 6.61 Å². The van der Waals surface area contributed by atoms with Crippen LogP contribution in [0, 0.1) is 5.41 Å². The van der Waals surface area contributed by atoms with Crippen molar-refractivity contribution in [1.29, 1.82) is 0 Å². The molecule has 0 amide bonds. The van der Waals surface area contributed by atoms with Crippen LogP contribution in [-0.4, -0.2) is 43.4 Å². The summed E-state index contributed by atoms with van der Waals surface area (Å²) in [5, 5.41) is 0. The fourth-order valence-electron chi connectivity index (χ4n) is 2.55. The predicted molar refractivity (Wildman–Crippen MR) is 110 cm³/mol. The Morgan fingerprint density at radius 1 is 1.15 bits per heavy atom. The molecule has 0 aromatic carbocycles. The van der Waals surface area contributed by atoms with Crippen LogP contribution >= 0.6 is 45.2 Å². The maximum absolute atomic E-state index is 12.7. The number of halogens is 2. The molecule has 9 heteroatoms. The van der Waals surface area contributed by atoms with Crippen LogP contribution in [0.15, 0.2) is 0 Å². The normalized spacial score (nSPS) is 20.8. The van der Waals surface area contributed by atoms with E-state index in [9.17, 15) is 19.2 Å². The third kappa shape index (κ3) is 6.61. The first-order chi connectivity index (χ1) is 11.7. The van der Waals surface area contributed by atoms with Crippen molar-refractivity contribution in [3.8, 4) is 0 Å². The summed E-state index contributed by atoms with van der Waals surface area (Å²) in [6, 6.07) is 0. The smallest absolute Gasteiger partial charge is 0.355 e. The van der Waals surface area contributed by atoms with E-state index in [-0.39, 0.29) is 16.3 Å². The number of cyclic esters (lactones) is 2. The van der Waals surface area contributed by atoms with Gasteiger partial charge in [-0.2, -0.15) is 0 Å². The lowest BCUT2D eigenvalue weighted by Crippen LogP contribution is -2.47. The maximum Gasteiger partial charge on any atom is 0.355 e. The highest BCUT2D eigenvalue weighted by Gasteiger charge is 2.49. The number of hydrogen-bond acceptors (Lipinski definition) is 7. The van der Waals surface area contributed by atoms with Crippen molar-refractivity contribution < 1.29 is 33.4 Å². The summed E-state index contributed by atoms with van der Waals surface area (Å²) in [5.74, 6) is -2.89. The van der Waals surface area contributed by atoms with Gasteiger partial charge in [-0.1, -0.05) is 59.0 Å². The average Bonchev–Trinajstić information content (AvgIpc) is 2.44. The van der Waals surface area contributed by atoms with Gasteiger partial charge in [-0.15, -0.1) is 0 Å². The van der Waals surface area contributed by atoms with Gasteiger partial charge in [0.15, 0.2) is 12.7 Å². The SMILES string of the molecule is CC(C)(I)CC(C)(C(=O)OCC(=O)OC1CCC(=O)OC1=O)C(C)(C)I. The van der Waals surface area contributed by atoms with Crippen molar-refractivity contribution in [2.24, 2.45) is 5.41 Å². The van der Waals surface area contributed by atoms with E-state index < -0.39 is 45.4 Å². The Hall–Kier alpha value is -0.460. The highest BCUT2D eigenvalue weighted by molar-refractivity contribution is 14.1. The molecule has 1 fully saturated rings. The summed E-state index contributed by atoms with van der Waals surface area (Å²) in [6.45, 7) is 9.13. The molecular formula is C17H24I2O7. The second kappa shape index (κ2) is 8.70. The molecule has 148 valence electrons. The molecule has 1 aliphatic rings. The summed E-state index contributed by atoms with van der Waals surface area (Å²) >= 11 is 4.48. The second-order valence-electron chi connectivity index (χ2n) is 7.59. The molecule has 2 unspecified atom stereocenters. The molecule has 26 heavy (non-hydrogen) atoms. The first-order valence-electron chi connectivity index (χ1n) is 8.15. The average molecular weight is 594 g/mol. The summed E-state index contributed by atoms with van der Waals surface area (Å²) < 4.78 is 14.0. The van der Waals surface area contributed by atoms with Crippen molar-refractivity contribution in [3.63, 3.8) is 0 Å². The second-order valence-corrected chi connectivity index (χ2v) is 13.2. The van der Waals surface area contributed by atoms with Gasteiger partial charge in [0.2, 0.25) is 0 Å². The molecule has 1 rings (SSSR count). The van der Waals surface area contributed by atoms with Gasteiger partial charge in [0.05, 0.1) is 11.8 Å². The molecule has 1 aliphatic heterocycles. The van der Waals surface area contributed by atoms with E-state index in [1.54, 1.807) is 0 Å². The van der Waals surface area contributed by atoms with Crippen molar-refractivity contribution in [2.45, 2.75) is 66.8 Å². The molecule has 0 aromatic rings. The summed E-state index contributed by atoms with van der Waals surface area (Å²) in [7, 11) is 0. The third-order valence-electron chi connectivity index (χ3n) is 4.22. The summed E-state index contributed by atoms with van der Waals surface area (Å²) in [5.41, 5.74) is -0.825. The number of ether oxygens (including phenoxy) is 3. The third-order valence-corrected chi connectivity index (χ3v) is 5.79. The topological polar surface area (TPSA) is 96.0 Å². The van der Waals surface area contributed by atoms with Gasteiger partial charge in [0.25, 0.3) is 0 Å². The molecule has 0 spiro atoms. The maximum atomic E-state index is 12.7. The molecule has 7 nitrogen and oxygen atoms in total. The highest BCUT2D eigenvalue weighted by Crippen LogP contribution is 2.47. The molecule has 1 heterocycles. The standard InChI is InChI=1S/C17H24I2O7/c1-15(2,18)9-17(5,16(3,4)19)14(23)24-8-12(21)25-10-6-7-11(20)26-13(10)22/h10H,6-9H2,1-5H3. The van der Waals surface area contributed by atoms with Crippen molar-refractivity contribution in [1.82, 2.24) is 0 Å². The number of carbonyl (C=O) groups excluding carboxylic acids is 4. The molecule has 0 aromatic heterocycles. The first-order valence-corrected chi connectivity index (χ1v) is 10.3. The zero-order valence-corrected chi connectivity index (χ0v) is 19.8. The van der Waals surface area contributed by atoms with Crippen LogP contribution in [-0.2, 0) is 33.4 Å². The lowest BCUT2D eigenvalue weighted by atomic mass is 9.73. The van der Waals surface area contributed by atoms with Crippen LogP contribution in [0.25, 0.3) is 0 Å². The van der Waals surface area contributed by atoms with Crippen molar-refractivity contribution in [3.05, 3.63) is 0 Å². The van der Waals surface area contributed by atoms with Crippen LogP contribution < -0.4 is 0 Å². The number of carbonyl (C=O) groups is 4. The van der Waals surface area contributed by atoms with Gasteiger partial charge >= 0.3 is 23.9 Å². The Kier molecular flexibility index (Phi) is 7.89. The van der Waals surface area contributed by atoms with E-state index in [1.807, 2.05) is 34.6 Å². The lowest BCUT2D eigenvalue weighted by molar-refractivity contribution is -0.183. The molecule has 0 N–H and O–H groups in total. The highest BCUT2D eigenvalue weighted by atomic mass is 127. The zero-order chi connectivity index (χ0) is 20.3. The largest absolute Gasteiger partial charge is 0.453 e. The van der Waals surface area contributed by atoms with E-state index in [0.717, 1.165) is 0 Å². The Bertz CT molecular complexity index is 589. The predicted octanol–water partition coefficient (Wildman–Crippen LogP) is 3.13. The minimum atomic E-state index is -1.14. The molecule has 0 saturated carbocycles. The Labute approximate surface area is 180 Å². The van der Waals surface area contributed by atoms with Gasteiger partial charge in [-0.05, 0) is 27.2 Å². The molecule has 2 atom stereocenters. The molecule has 1 saturated heterocycles. The van der Waals surface area contributed by atoms with Crippen LogP contribution in [0.3, 0.4) is 0 Å². The van der Waals surface area contributed by atoms with Crippen LogP contribution in [0.5, 0.6) is 0 Å². The number of rotatable bonds is 7. The quantitative estimate of drug-likeness (QED) is 0.147. The van der Waals surface area contributed by atoms with E-state index in [4.69, 9.17) is 9.47 Å². The van der Waals surface area contributed by atoms with Crippen LogP contribution in [0.4, 0.5) is 0 Å². The first kappa shape index (κ1) is 23.6. The number of esters is 4. The molecule has 0 radical (unpaired) electrons. The van der Waals surface area contributed by atoms with E-state index in [2.05, 4.69) is 49.9 Å².